The Balaban J connectivity index is 2.10. The van der Waals surface area contributed by atoms with Gasteiger partial charge in [-0.05, 0) is 37.5 Å². The third kappa shape index (κ3) is 3.27. The van der Waals surface area contributed by atoms with Crippen LogP contribution in [0.5, 0.6) is 5.75 Å². The topological polar surface area (TPSA) is 26.3 Å². The van der Waals surface area contributed by atoms with Crippen molar-refractivity contribution < 1.29 is 9.53 Å². The first kappa shape index (κ1) is 14.3. The Bertz CT molecular complexity index is 585. The van der Waals surface area contributed by atoms with Crippen LogP contribution in [-0.2, 0) is 6.42 Å². The van der Waals surface area contributed by atoms with E-state index in [9.17, 15) is 4.79 Å². The van der Waals surface area contributed by atoms with E-state index in [1.807, 2.05) is 55.5 Å². The number of hydrogen-bond donors (Lipinski definition) is 0. The van der Waals surface area contributed by atoms with Gasteiger partial charge in [0.2, 0.25) is 5.78 Å². The van der Waals surface area contributed by atoms with Crippen molar-refractivity contribution in [3.63, 3.8) is 0 Å². The highest BCUT2D eigenvalue weighted by Gasteiger charge is 2.17. The second-order valence-corrected chi connectivity index (χ2v) is 4.94. The summed E-state index contributed by atoms with van der Waals surface area (Å²) < 4.78 is 5.77. The Morgan fingerprint density at radius 2 is 1.75 bits per heavy atom. The van der Waals surface area contributed by atoms with Crippen LogP contribution in [0.1, 0.15) is 35.3 Å². The van der Waals surface area contributed by atoms with Crippen LogP contribution in [0.15, 0.2) is 48.5 Å². The number of aryl methyl sites for hydroxylation is 2. The molecule has 0 aliphatic carbocycles. The quantitative estimate of drug-likeness (QED) is 0.759. The number of carbonyl (C=O) groups is 1. The summed E-state index contributed by atoms with van der Waals surface area (Å²) in [6.45, 7) is 5.87. The molecule has 0 saturated heterocycles. The van der Waals surface area contributed by atoms with Gasteiger partial charge in [-0.1, -0.05) is 49.4 Å². The molecule has 0 amide bonds. The lowest BCUT2D eigenvalue weighted by atomic mass is 10.0. The number of ether oxygens (including phenoxy) is 1. The van der Waals surface area contributed by atoms with E-state index in [-0.39, 0.29) is 5.78 Å². The monoisotopic (exact) mass is 268 g/mol. The molecule has 0 aliphatic heterocycles. The molecular formula is C18H20O2. The van der Waals surface area contributed by atoms with Crippen molar-refractivity contribution in [2.45, 2.75) is 33.3 Å². The van der Waals surface area contributed by atoms with Crippen molar-refractivity contribution in [3.8, 4) is 5.75 Å². The van der Waals surface area contributed by atoms with Gasteiger partial charge in [0.25, 0.3) is 0 Å². The lowest BCUT2D eigenvalue weighted by Crippen LogP contribution is -2.24. The molecule has 2 aromatic carbocycles. The third-order valence-corrected chi connectivity index (χ3v) is 3.41. The zero-order chi connectivity index (χ0) is 14.5. The second-order valence-electron chi connectivity index (χ2n) is 4.94. The molecular weight excluding hydrogens is 248 g/mol. The highest BCUT2D eigenvalue weighted by atomic mass is 16.5. The van der Waals surface area contributed by atoms with Crippen LogP contribution >= 0.6 is 0 Å². The maximum atomic E-state index is 12.3. The molecule has 0 aromatic heterocycles. The van der Waals surface area contributed by atoms with Crippen LogP contribution in [0.2, 0.25) is 0 Å². The number of Topliss-reactive ketones (excluding diaryl/α,β-unsaturated/α-hetero) is 1. The SMILES string of the molecule is CCc1ccc(C(=O)C(C)Oc2ccccc2C)cc1. The molecule has 0 saturated carbocycles. The van der Waals surface area contributed by atoms with E-state index in [0.29, 0.717) is 5.56 Å². The van der Waals surface area contributed by atoms with E-state index in [4.69, 9.17) is 4.74 Å². The molecule has 1 atom stereocenters. The fraction of sp³-hybridized carbons (Fsp3) is 0.278. The van der Waals surface area contributed by atoms with Crippen LogP contribution in [0.4, 0.5) is 0 Å². The number of hydrogen-bond acceptors (Lipinski definition) is 2. The largest absolute Gasteiger partial charge is 0.482 e. The van der Waals surface area contributed by atoms with Crippen LogP contribution < -0.4 is 4.74 Å². The van der Waals surface area contributed by atoms with Crippen LogP contribution in [0.25, 0.3) is 0 Å². The molecule has 0 bridgehead atoms. The molecule has 104 valence electrons. The molecule has 2 rings (SSSR count). The Labute approximate surface area is 120 Å². The van der Waals surface area contributed by atoms with Gasteiger partial charge in [0.05, 0.1) is 0 Å². The predicted octanol–water partition coefficient (Wildman–Crippen LogP) is 4.21. The molecule has 2 heteroatoms. The maximum Gasteiger partial charge on any atom is 0.202 e. The Morgan fingerprint density at radius 3 is 2.35 bits per heavy atom. The fourth-order valence-electron chi connectivity index (χ4n) is 2.07. The number of carbonyl (C=O) groups excluding carboxylic acids is 1. The molecule has 0 spiro atoms. The molecule has 2 nitrogen and oxygen atoms in total. The van der Waals surface area contributed by atoms with E-state index < -0.39 is 6.10 Å². The first-order chi connectivity index (χ1) is 9.61. The minimum Gasteiger partial charge on any atom is -0.482 e. The van der Waals surface area contributed by atoms with Crippen LogP contribution in [-0.4, -0.2) is 11.9 Å². The van der Waals surface area contributed by atoms with E-state index in [1.54, 1.807) is 6.92 Å². The van der Waals surface area contributed by atoms with Gasteiger partial charge >= 0.3 is 0 Å². The summed E-state index contributed by atoms with van der Waals surface area (Å²) in [6.07, 6.45) is 0.493. The average molecular weight is 268 g/mol. The number of ketones is 1. The molecule has 0 heterocycles. The molecule has 0 aliphatic rings. The van der Waals surface area contributed by atoms with Crippen molar-refractivity contribution in [2.75, 3.05) is 0 Å². The summed E-state index contributed by atoms with van der Waals surface area (Å²) in [5, 5.41) is 0. The summed E-state index contributed by atoms with van der Waals surface area (Å²) in [5.74, 6) is 0.773. The average Bonchev–Trinajstić information content (AvgIpc) is 2.49. The Kier molecular flexibility index (Phi) is 4.57. The van der Waals surface area contributed by atoms with Crippen molar-refractivity contribution >= 4 is 5.78 Å². The Morgan fingerprint density at radius 1 is 1.10 bits per heavy atom. The number of para-hydroxylation sites is 1. The van der Waals surface area contributed by atoms with Gasteiger partial charge in [0.1, 0.15) is 5.75 Å². The number of benzene rings is 2. The van der Waals surface area contributed by atoms with Crippen molar-refractivity contribution in [1.82, 2.24) is 0 Å². The summed E-state index contributed by atoms with van der Waals surface area (Å²) in [6, 6.07) is 15.5. The summed E-state index contributed by atoms with van der Waals surface area (Å²) >= 11 is 0. The van der Waals surface area contributed by atoms with Gasteiger partial charge in [-0.15, -0.1) is 0 Å². The van der Waals surface area contributed by atoms with Crippen molar-refractivity contribution in [3.05, 3.63) is 65.2 Å². The predicted molar refractivity (Wildman–Crippen MR) is 81.4 cm³/mol. The first-order valence-electron chi connectivity index (χ1n) is 6.97. The van der Waals surface area contributed by atoms with Gasteiger partial charge in [-0.25, -0.2) is 0 Å². The van der Waals surface area contributed by atoms with Crippen molar-refractivity contribution in [2.24, 2.45) is 0 Å². The van der Waals surface area contributed by atoms with Gasteiger partial charge < -0.3 is 4.74 Å². The lowest BCUT2D eigenvalue weighted by molar-refractivity contribution is 0.0817. The summed E-state index contributed by atoms with van der Waals surface area (Å²) in [4.78, 5) is 12.3. The van der Waals surface area contributed by atoms with Crippen LogP contribution in [0, 0.1) is 6.92 Å². The minimum absolute atomic E-state index is 0.0101. The van der Waals surface area contributed by atoms with Crippen molar-refractivity contribution in [1.29, 1.82) is 0 Å². The fourth-order valence-corrected chi connectivity index (χ4v) is 2.07. The molecule has 0 radical (unpaired) electrons. The van der Waals surface area contributed by atoms with Gasteiger partial charge in [0, 0.05) is 5.56 Å². The second kappa shape index (κ2) is 6.38. The molecule has 0 fully saturated rings. The summed E-state index contributed by atoms with van der Waals surface area (Å²) in [7, 11) is 0. The van der Waals surface area contributed by atoms with E-state index in [0.717, 1.165) is 17.7 Å². The standard InChI is InChI=1S/C18H20O2/c1-4-15-9-11-16(12-10-15)18(19)14(3)20-17-8-6-5-7-13(17)2/h5-12,14H,4H2,1-3H3. The molecule has 1 unspecified atom stereocenters. The smallest absolute Gasteiger partial charge is 0.202 e. The Hall–Kier alpha value is -2.09. The van der Waals surface area contributed by atoms with Gasteiger partial charge in [-0.2, -0.15) is 0 Å². The zero-order valence-corrected chi connectivity index (χ0v) is 12.2. The maximum absolute atomic E-state index is 12.3. The highest BCUT2D eigenvalue weighted by Crippen LogP contribution is 2.19. The van der Waals surface area contributed by atoms with Gasteiger partial charge in [-0.3, -0.25) is 4.79 Å². The normalized spacial score (nSPS) is 11.9. The summed E-state index contributed by atoms with van der Waals surface area (Å²) in [5.41, 5.74) is 2.96. The first-order valence-corrected chi connectivity index (χ1v) is 6.97. The zero-order valence-electron chi connectivity index (χ0n) is 12.2. The van der Waals surface area contributed by atoms with E-state index in [2.05, 4.69) is 6.92 Å². The lowest BCUT2D eigenvalue weighted by Gasteiger charge is -2.15. The minimum atomic E-state index is -0.483. The van der Waals surface area contributed by atoms with Crippen LogP contribution in [0.3, 0.4) is 0 Å². The van der Waals surface area contributed by atoms with Gasteiger partial charge in [0.15, 0.2) is 6.10 Å². The van der Waals surface area contributed by atoms with E-state index >= 15 is 0 Å². The third-order valence-electron chi connectivity index (χ3n) is 3.41. The molecule has 0 N–H and O–H groups in total. The highest BCUT2D eigenvalue weighted by molar-refractivity contribution is 5.99. The molecule has 20 heavy (non-hydrogen) atoms. The number of rotatable bonds is 5. The molecule has 2 aromatic rings. The van der Waals surface area contributed by atoms with E-state index in [1.165, 1.54) is 5.56 Å².